The molecule has 2 aliphatic rings. The number of nitrogens with two attached hydrogens (primary N) is 1. The molecule has 0 spiro atoms. The molecule has 114 valence electrons. The third-order valence-electron chi connectivity index (χ3n) is 4.58. The van der Waals surface area contributed by atoms with Crippen molar-refractivity contribution in [3.63, 3.8) is 0 Å². The molecule has 0 aromatic carbocycles. The minimum atomic E-state index is -3.90. The molecule has 2 fully saturated rings. The average molecular weight is 290 g/mol. The Hall–Kier alpha value is -1.24. The number of halogens is 2. The number of amides is 2. The Bertz CT molecular complexity index is 416. The van der Waals surface area contributed by atoms with Gasteiger partial charge in [0, 0.05) is 0 Å². The molecule has 7 heteroatoms. The average Bonchev–Trinajstić information content (AvgIpc) is 2.36. The van der Waals surface area contributed by atoms with Crippen molar-refractivity contribution in [3.05, 3.63) is 0 Å². The van der Waals surface area contributed by atoms with Gasteiger partial charge in [-0.2, -0.15) is 8.78 Å². The number of hydrogen-bond acceptors (Lipinski definition) is 3. The van der Waals surface area contributed by atoms with Gasteiger partial charge in [-0.05, 0) is 32.1 Å². The Morgan fingerprint density at radius 2 is 1.60 bits per heavy atom. The van der Waals surface area contributed by atoms with Gasteiger partial charge in [0.15, 0.2) is 0 Å². The lowest BCUT2D eigenvalue weighted by Gasteiger charge is -2.43. The number of aliphatic hydroxyl groups is 1. The Morgan fingerprint density at radius 1 is 1.05 bits per heavy atom. The van der Waals surface area contributed by atoms with Crippen molar-refractivity contribution in [3.8, 4) is 0 Å². The maximum atomic E-state index is 14.0. The van der Waals surface area contributed by atoms with Gasteiger partial charge in [-0.3, -0.25) is 9.59 Å². The van der Waals surface area contributed by atoms with E-state index in [9.17, 15) is 23.5 Å². The summed E-state index contributed by atoms with van der Waals surface area (Å²) in [4.78, 5) is 23.4. The van der Waals surface area contributed by atoms with Crippen LogP contribution in [0.15, 0.2) is 0 Å². The molecule has 0 saturated heterocycles. The highest BCUT2D eigenvalue weighted by Gasteiger charge is 2.62. The van der Waals surface area contributed by atoms with Crippen LogP contribution in [0.2, 0.25) is 0 Å². The summed E-state index contributed by atoms with van der Waals surface area (Å²) in [6.07, 6.45) is 2.95. The fourth-order valence-corrected chi connectivity index (χ4v) is 2.92. The lowest BCUT2D eigenvalue weighted by molar-refractivity contribution is -0.217. The molecule has 0 aromatic heterocycles. The van der Waals surface area contributed by atoms with Gasteiger partial charge in [-0.1, -0.05) is 19.3 Å². The molecule has 2 saturated carbocycles. The van der Waals surface area contributed by atoms with Gasteiger partial charge in [-0.15, -0.1) is 0 Å². The molecule has 0 bridgehead atoms. The van der Waals surface area contributed by atoms with Crippen LogP contribution in [-0.2, 0) is 9.59 Å². The second-order valence-corrected chi connectivity index (χ2v) is 5.92. The van der Waals surface area contributed by atoms with Gasteiger partial charge < -0.3 is 16.2 Å². The highest BCUT2D eigenvalue weighted by molar-refractivity contribution is 5.93. The molecule has 2 aliphatic carbocycles. The molecule has 0 atom stereocenters. The van der Waals surface area contributed by atoms with Crippen molar-refractivity contribution < 1.29 is 23.5 Å². The highest BCUT2D eigenvalue weighted by atomic mass is 19.3. The number of hydrogen-bond donors (Lipinski definition) is 3. The van der Waals surface area contributed by atoms with Gasteiger partial charge in [-0.25, -0.2) is 0 Å². The molecule has 0 radical (unpaired) electrons. The number of nitrogens with one attached hydrogen (secondary N) is 1. The van der Waals surface area contributed by atoms with E-state index in [0.717, 1.165) is 6.42 Å². The first kappa shape index (κ1) is 15.2. The van der Waals surface area contributed by atoms with Crippen molar-refractivity contribution in [2.45, 2.75) is 68.4 Å². The largest absolute Gasteiger partial charge is 0.383 e. The lowest BCUT2D eigenvalue weighted by atomic mass is 9.74. The predicted molar refractivity (Wildman–Crippen MR) is 66.9 cm³/mol. The minimum absolute atomic E-state index is 0.114. The number of carbonyl (C=O) groups excluding carboxylic acids is 2. The number of carbonyl (C=O) groups is 2. The summed E-state index contributed by atoms with van der Waals surface area (Å²) in [6.45, 7) is 0. The smallest absolute Gasteiger partial charge is 0.352 e. The van der Waals surface area contributed by atoms with Crippen LogP contribution in [0.3, 0.4) is 0 Å². The van der Waals surface area contributed by atoms with Gasteiger partial charge in [0.05, 0.1) is 0 Å². The molecular weight excluding hydrogens is 270 g/mol. The zero-order valence-electron chi connectivity index (χ0n) is 11.3. The summed E-state index contributed by atoms with van der Waals surface area (Å²) >= 11 is 0. The summed E-state index contributed by atoms with van der Waals surface area (Å²) < 4.78 is 28.0. The van der Waals surface area contributed by atoms with Crippen LogP contribution in [0.5, 0.6) is 0 Å². The van der Waals surface area contributed by atoms with Crippen LogP contribution in [0, 0.1) is 0 Å². The topological polar surface area (TPSA) is 92.4 Å². The van der Waals surface area contributed by atoms with Gasteiger partial charge in [0.2, 0.25) is 5.91 Å². The molecule has 0 aromatic rings. The van der Waals surface area contributed by atoms with Crippen LogP contribution >= 0.6 is 0 Å². The van der Waals surface area contributed by atoms with Crippen molar-refractivity contribution in [2.75, 3.05) is 0 Å². The summed E-state index contributed by atoms with van der Waals surface area (Å²) in [6, 6.07) is 0. The van der Waals surface area contributed by atoms with E-state index in [1.165, 1.54) is 0 Å². The molecule has 0 unspecified atom stereocenters. The fourth-order valence-electron chi connectivity index (χ4n) is 2.92. The van der Waals surface area contributed by atoms with Crippen molar-refractivity contribution in [1.82, 2.24) is 5.32 Å². The second-order valence-electron chi connectivity index (χ2n) is 5.92. The molecular formula is C13H20F2N2O3. The van der Waals surface area contributed by atoms with Crippen LogP contribution in [0.25, 0.3) is 0 Å². The predicted octanol–water partition coefficient (Wildman–Crippen LogP) is 0.841. The first-order valence-corrected chi connectivity index (χ1v) is 6.96. The van der Waals surface area contributed by atoms with Crippen LogP contribution in [0.4, 0.5) is 8.78 Å². The molecule has 2 rings (SSSR count). The maximum absolute atomic E-state index is 14.0. The lowest BCUT2D eigenvalue weighted by Crippen LogP contribution is -2.67. The van der Waals surface area contributed by atoms with E-state index in [-0.39, 0.29) is 25.7 Å². The summed E-state index contributed by atoms with van der Waals surface area (Å²) in [5, 5.41) is 11.9. The normalized spacial score (nSPS) is 24.6. The van der Waals surface area contributed by atoms with E-state index in [2.05, 4.69) is 5.32 Å². The van der Waals surface area contributed by atoms with Gasteiger partial charge in [0.25, 0.3) is 5.91 Å². The van der Waals surface area contributed by atoms with E-state index >= 15 is 0 Å². The molecule has 0 heterocycles. The Kier molecular flexibility index (Phi) is 3.75. The molecule has 20 heavy (non-hydrogen) atoms. The summed E-state index contributed by atoms with van der Waals surface area (Å²) in [7, 11) is 0. The van der Waals surface area contributed by atoms with E-state index in [4.69, 9.17) is 5.73 Å². The van der Waals surface area contributed by atoms with Gasteiger partial charge in [0.1, 0.15) is 11.1 Å². The van der Waals surface area contributed by atoms with E-state index < -0.39 is 28.9 Å². The third kappa shape index (κ3) is 2.28. The monoisotopic (exact) mass is 290 g/mol. The summed E-state index contributed by atoms with van der Waals surface area (Å²) in [5.41, 5.74) is 1.60. The zero-order valence-corrected chi connectivity index (χ0v) is 11.3. The van der Waals surface area contributed by atoms with Crippen LogP contribution in [0.1, 0.15) is 51.4 Å². The quantitative estimate of drug-likeness (QED) is 0.716. The Balaban J connectivity index is 2.14. The Labute approximate surface area is 115 Å². The fraction of sp³-hybridized carbons (Fsp3) is 0.846. The number of rotatable bonds is 4. The Morgan fingerprint density at radius 3 is 2.00 bits per heavy atom. The number of alkyl halides is 2. The van der Waals surface area contributed by atoms with E-state index in [1.807, 2.05) is 0 Å². The molecule has 5 nitrogen and oxygen atoms in total. The first-order chi connectivity index (χ1) is 9.24. The number of primary amides is 1. The molecule has 4 N–H and O–H groups in total. The van der Waals surface area contributed by atoms with Gasteiger partial charge >= 0.3 is 5.92 Å². The SMILES string of the molecule is NC(=O)C1(NC(=O)C(F)(F)C2(O)CCC2)CCCCC1. The van der Waals surface area contributed by atoms with E-state index in [0.29, 0.717) is 19.3 Å². The highest BCUT2D eigenvalue weighted by Crippen LogP contribution is 2.44. The minimum Gasteiger partial charge on any atom is -0.383 e. The third-order valence-corrected chi connectivity index (χ3v) is 4.58. The first-order valence-electron chi connectivity index (χ1n) is 6.96. The zero-order chi connectivity index (χ0) is 15.0. The summed E-state index contributed by atoms with van der Waals surface area (Å²) in [5.74, 6) is -6.28. The second kappa shape index (κ2) is 4.95. The molecule has 0 aliphatic heterocycles. The van der Waals surface area contributed by atoms with Crippen LogP contribution < -0.4 is 11.1 Å². The van der Waals surface area contributed by atoms with Crippen LogP contribution in [-0.4, -0.2) is 34.0 Å². The van der Waals surface area contributed by atoms with Crippen molar-refractivity contribution in [1.29, 1.82) is 0 Å². The van der Waals surface area contributed by atoms with Crippen molar-refractivity contribution in [2.24, 2.45) is 5.73 Å². The maximum Gasteiger partial charge on any atom is 0.352 e. The van der Waals surface area contributed by atoms with E-state index in [1.54, 1.807) is 0 Å². The molecule has 2 amide bonds. The standard InChI is InChI=1S/C13H20F2N2O3/c14-13(15,12(20)7-4-8-12)10(19)17-11(9(16)18)5-2-1-3-6-11/h20H,1-8H2,(H2,16,18)(H,17,19). The van der Waals surface area contributed by atoms with Crippen molar-refractivity contribution >= 4 is 11.8 Å².